The molecule has 1 fully saturated rings. The fourth-order valence-corrected chi connectivity index (χ4v) is 4.74. The van der Waals surface area contributed by atoms with E-state index in [1.807, 2.05) is 6.92 Å². The molecule has 3 atom stereocenters. The normalized spacial score (nSPS) is 31.6. The van der Waals surface area contributed by atoms with Crippen molar-refractivity contribution in [3.05, 3.63) is 0 Å². The number of hydrogen-bond donors (Lipinski definition) is 1. The van der Waals surface area contributed by atoms with Crippen molar-refractivity contribution in [3.63, 3.8) is 0 Å². The minimum absolute atomic E-state index is 0.135. The third kappa shape index (κ3) is 3.45. The highest BCUT2D eigenvalue weighted by molar-refractivity contribution is 7.92. The maximum absolute atomic E-state index is 12.1. The van der Waals surface area contributed by atoms with Gasteiger partial charge in [-0.25, -0.2) is 8.42 Å². The monoisotopic (exact) mass is 247 g/mol. The van der Waals surface area contributed by atoms with Crippen LogP contribution in [-0.2, 0) is 9.84 Å². The predicted molar refractivity (Wildman–Crippen MR) is 68.1 cm³/mol. The van der Waals surface area contributed by atoms with E-state index in [1.165, 1.54) is 0 Å². The van der Waals surface area contributed by atoms with Crippen LogP contribution in [0.1, 0.15) is 52.4 Å². The predicted octanol–water partition coefficient (Wildman–Crippen LogP) is 2.11. The summed E-state index contributed by atoms with van der Waals surface area (Å²) >= 11 is 0. The SMILES string of the molecule is CCCCS(=O)(=O)C1CC(CC)CCC1N. The summed E-state index contributed by atoms with van der Waals surface area (Å²) in [6.07, 6.45) is 5.52. The molecule has 1 aliphatic carbocycles. The van der Waals surface area contributed by atoms with E-state index in [1.54, 1.807) is 0 Å². The number of hydrogen-bond acceptors (Lipinski definition) is 3. The largest absolute Gasteiger partial charge is 0.327 e. The van der Waals surface area contributed by atoms with E-state index in [9.17, 15) is 8.42 Å². The van der Waals surface area contributed by atoms with Crippen molar-refractivity contribution in [2.45, 2.75) is 63.7 Å². The van der Waals surface area contributed by atoms with Gasteiger partial charge in [-0.2, -0.15) is 0 Å². The first-order chi connectivity index (χ1) is 7.51. The summed E-state index contributed by atoms with van der Waals surface area (Å²) < 4.78 is 24.3. The minimum atomic E-state index is -2.96. The Morgan fingerprint density at radius 2 is 1.94 bits per heavy atom. The quantitative estimate of drug-likeness (QED) is 0.809. The van der Waals surface area contributed by atoms with Crippen LogP contribution in [0.2, 0.25) is 0 Å². The molecule has 0 spiro atoms. The van der Waals surface area contributed by atoms with Gasteiger partial charge in [-0.15, -0.1) is 0 Å². The zero-order valence-electron chi connectivity index (χ0n) is 10.5. The summed E-state index contributed by atoms with van der Waals surface area (Å²) in [7, 11) is -2.96. The Labute approximate surface area is 99.7 Å². The van der Waals surface area contributed by atoms with E-state index in [2.05, 4.69) is 6.92 Å². The Morgan fingerprint density at radius 1 is 1.25 bits per heavy atom. The van der Waals surface area contributed by atoms with Gasteiger partial charge in [0.25, 0.3) is 0 Å². The van der Waals surface area contributed by atoms with Gasteiger partial charge >= 0.3 is 0 Å². The first kappa shape index (κ1) is 14.0. The van der Waals surface area contributed by atoms with E-state index in [0.717, 1.165) is 38.5 Å². The maximum Gasteiger partial charge on any atom is 0.154 e. The van der Waals surface area contributed by atoms with E-state index in [4.69, 9.17) is 5.73 Å². The third-order valence-corrected chi connectivity index (χ3v) is 6.09. The molecule has 0 aromatic carbocycles. The Hall–Kier alpha value is -0.0900. The zero-order chi connectivity index (χ0) is 12.2. The van der Waals surface area contributed by atoms with E-state index in [-0.39, 0.29) is 11.3 Å². The highest BCUT2D eigenvalue weighted by Crippen LogP contribution is 2.30. The lowest BCUT2D eigenvalue weighted by Crippen LogP contribution is -2.45. The van der Waals surface area contributed by atoms with Crippen molar-refractivity contribution in [1.82, 2.24) is 0 Å². The average molecular weight is 247 g/mol. The zero-order valence-corrected chi connectivity index (χ0v) is 11.3. The van der Waals surface area contributed by atoms with Crippen LogP contribution in [0, 0.1) is 5.92 Å². The lowest BCUT2D eigenvalue weighted by Gasteiger charge is -2.33. The van der Waals surface area contributed by atoms with Crippen LogP contribution in [0.5, 0.6) is 0 Å². The van der Waals surface area contributed by atoms with Crippen molar-refractivity contribution in [2.24, 2.45) is 11.7 Å². The third-order valence-electron chi connectivity index (χ3n) is 3.77. The molecule has 4 heteroatoms. The van der Waals surface area contributed by atoms with Crippen LogP contribution >= 0.6 is 0 Å². The smallest absolute Gasteiger partial charge is 0.154 e. The molecule has 16 heavy (non-hydrogen) atoms. The molecule has 0 aliphatic heterocycles. The van der Waals surface area contributed by atoms with Gasteiger partial charge in [0.15, 0.2) is 9.84 Å². The Morgan fingerprint density at radius 3 is 2.50 bits per heavy atom. The van der Waals surface area contributed by atoms with Gasteiger partial charge in [0.05, 0.1) is 11.0 Å². The molecular weight excluding hydrogens is 222 g/mol. The number of nitrogens with two attached hydrogens (primary N) is 1. The van der Waals surface area contributed by atoms with Crippen molar-refractivity contribution in [3.8, 4) is 0 Å². The number of sulfone groups is 1. The van der Waals surface area contributed by atoms with Crippen LogP contribution in [0.4, 0.5) is 0 Å². The van der Waals surface area contributed by atoms with Gasteiger partial charge < -0.3 is 5.73 Å². The van der Waals surface area contributed by atoms with Crippen molar-refractivity contribution >= 4 is 9.84 Å². The molecular formula is C12H25NO2S. The average Bonchev–Trinajstić information content (AvgIpc) is 2.27. The summed E-state index contributed by atoms with van der Waals surface area (Å²) in [4.78, 5) is 0. The van der Waals surface area contributed by atoms with Gasteiger partial charge in [-0.3, -0.25) is 0 Å². The molecule has 1 rings (SSSR count). The van der Waals surface area contributed by atoms with Crippen LogP contribution in [0.25, 0.3) is 0 Å². The molecule has 0 aromatic rings. The van der Waals surface area contributed by atoms with Gasteiger partial charge in [-0.1, -0.05) is 26.7 Å². The highest BCUT2D eigenvalue weighted by atomic mass is 32.2. The fourth-order valence-electron chi connectivity index (χ4n) is 2.52. The second-order valence-corrected chi connectivity index (χ2v) is 7.35. The topological polar surface area (TPSA) is 60.2 Å². The van der Waals surface area contributed by atoms with Crippen LogP contribution < -0.4 is 5.73 Å². The summed E-state index contributed by atoms with van der Waals surface area (Å²) in [6.45, 7) is 4.16. The Bertz CT molecular complexity index is 300. The first-order valence-corrected chi connectivity index (χ1v) is 8.20. The molecule has 3 nitrogen and oxygen atoms in total. The molecule has 0 aromatic heterocycles. The molecule has 3 unspecified atom stereocenters. The van der Waals surface area contributed by atoms with Gasteiger partial charge in [-0.05, 0) is 31.6 Å². The van der Waals surface area contributed by atoms with Gasteiger partial charge in [0, 0.05) is 6.04 Å². The van der Waals surface area contributed by atoms with Crippen LogP contribution in [-0.4, -0.2) is 25.5 Å². The van der Waals surface area contributed by atoms with Crippen molar-refractivity contribution in [1.29, 1.82) is 0 Å². The molecule has 1 aliphatic rings. The molecule has 96 valence electrons. The van der Waals surface area contributed by atoms with Crippen molar-refractivity contribution < 1.29 is 8.42 Å². The lowest BCUT2D eigenvalue weighted by atomic mass is 9.84. The molecule has 0 bridgehead atoms. The molecule has 1 saturated carbocycles. The summed E-state index contributed by atoms with van der Waals surface area (Å²) in [5.74, 6) is 0.874. The summed E-state index contributed by atoms with van der Waals surface area (Å²) in [6, 6.07) is -0.135. The summed E-state index contributed by atoms with van der Waals surface area (Å²) in [5.41, 5.74) is 5.97. The van der Waals surface area contributed by atoms with Crippen LogP contribution in [0.3, 0.4) is 0 Å². The Kier molecular flexibility index (Phi) is 5.25. The standard InChI is InChI=1S/C12H25NO2S/c1-3-5-8-16(14,15)12-9-10(4-2)6-7-11(12)13/h10-12H,3-9,13H2,1-2H3. The lowest BCUT2D eigenvalue weighted by molar-refractivity contribution is 0.319. The minimum Gasteiger partial charge on any atom is -0.327 e. The maximum atomic E-state index is 12.1. The second kappa shape index (κ2) is 6.01. The van der Waals surface area contributed by atoms with Crippen LogP contribution in [0.15, 0.2) is 0 Å². The molecule has 0 amide bonds. The number of rotatable bonds is 5. The van der Waals surface area contributed by atoms with E-state index >= 15 is 0 Å². The molecule has 0 heterocycles. The van der Waals surface area contributed by atoms with Gasteiger partial charge in [0.1, 0.15) is 0 Å². The fraction of sp³-hybridized carbons (Fsp3) is 1.00. The molecule has 0 saturated heterocycles. The highest BCUT2D eigenvalue weighted by Gasteiger charge is 2.35. The first-order valence-electron chi connectivity index (χ1n) is 6.48. The summed E-state index contributed by atoms with van der Waals surface area (Å²) in [5, 5.41) is -0.280. The second-order valence-electron chi connectivity index (χ2n) is 5.01. The van der Waals surface area contributed by atoms with E-state index < -0.39 is 9.84 Å². The molecule has 0 radical (unpaired) electrons. The van der Waals surface area contributed by atoms with Crippen molar-refractivity contribution in [2.75, 3.05) is 5.75 Å². The molecule has 2 N–H and O–H groups in total. The Balaban J connectivity index is 2.68. The number of unbranched alkanes of at least 4 members (excludes halogenated alkanes) is 1. The van der Waals surface area contributed by atoms with E-state index in [0.29, 0.717) is 11.7 Å². The van der Waals surface area contributed by atoms with Gasteiger partial charge in [0.2, 0.25) is 0 Å².